The van der Waals surface area contributed by atoms with Crippen LogP contribution in [0.2, 0.25) is 0 Å². The lowest BCUT2D eigenvalue weighted by molar-refractivity contribution is 0.00188. The standard InChI is InChI=1S/C26H35N7O2/c27-13-18-11-26(12-18)6-9-32(10-7-26)24(34)29-22-5-8-33(25(35)30-22)19-3-1-17(2-4-19)14-31-15-20-21(16-31)23(20)28/h1-5,8,18,20-21,23H,6-7,9-16,27-28H2,(H,29,30,34,35). The normalized spacial score (nSPS) is 27.5. The second kappa shape index (κ2) is 8.72. The van der Waals surface area contributed by atoms with E-state index in [0.29, 0.717) is 29.2 Å². The largest absolute Gasteiger partial charge is 0.354 e. The van der Waals surface area contributed by atoms with Crippen molar-refractivity contribution in [2.45, 2.75) is 38.3 Å². The molecule has 0 radical (unpaired) electrons. The first-order valence-corrected chi connectivity index (χ1v) is 12.9. The third kappa shape index (κ3) is 4.37. The number of aromatic nitrogens is 2. The fourth-order valence-corrected chi connectivity index (χ4v) is 6.59. The van der Waals surface area contributed by atoms with E-state index in [1.165, 1.54) is 23.0 Å². The number of hydrogen-bond acceptors (Lipinski definition) is 6. The van der Waals surface area contributed by atoms with Gasteiger partial charge in [0.05, 0.1) is 5.69 Å². The predicted molar refractivity (Wildman–Crippen MR) is 134 cm³/mol. The summed E-state index contributed by atoms with van der Waals surface area (Å²) < 4.78 is 1.50. The highest BCUT2D eigenvalue weighted by Gasteiger charge is 2.53. The Morgan fingerprint density at radius 2 is 1.77 bits per heavy atom. The molecule has 4 aliphatic rings. The molecule has 2 unspecified atom stereocenters. The SMILES string of the molecule is NCC1CC2(CCN(C(=O)Nc3ccn(-c4ccc(CN5CC6C(N)C6C5)cc4)c(=O)n3)CC2)C1. The van der Waals surface area contributed by atoms with Crippen LogP contribution < -0.4 is 22.5 Å². The molecule has 0 bridgehead atoms. The second-order valence-electron chi connectivity index (χ2n) is 11.2. The average molecular weight is 478 g/mol. The molecule has 3 heterocycles. The number of urea groups is 1. The van der Waals surface area contributed by atoms with Crippen molar-refractivity contribution in [1.29, 1.82) is 0 Å². The van der Waals surface area contributed by atoms with Crippen LogP contribution in [-0.2, 0) is 6.54 Å². The molecule has 2 aliphatic heterocycles. The summed E-state index contributed by atoms with van der Waals surface area (Å²) in [6.45, 7) is 5.30. The highest BCUT2D eigenvalue weighted by molar-refractivity contribution is 5.88. The summed E-state index contributed by atoms with van der Waals surface area (Å²) in [6, 6.07) is 9.89. The maximum Gasteiger partial charge on any atom is 0.354 e. The maximum absolute atomic E-state index is 12.7. The molecule has 35 heavy (non-hydrogen) atoms. The number of amides is 2. The molecule has 1 aromatic carbocycles. The number of anilines is 1. The Kier molecular flexibility index (Phi) is 5.66. The first kappa shape index (κ1) is 22.7. The Balaban J connectivity index is 1.03. The fraction of sp³-hybridized carbons (Fsp3) is 0.577. The first-order valence-electron chi connectivity index (χ1n) is 12.9. The molecule has 4 fully saturated rings. The summed E-state index contributed by atoms with van der Waals surface area (Å²) in [5.74, 6) is 2.29. The smallest absolute Gasteiger partial charge is 0.330 e. The van der Waals surface area contributed by atoms with Gasteiger partial charge >= 0.3 is 11.7 Å². The molecular formula is C26H35N7O2. The molecule has 9 heteroatoms. The highest BCUT2D eigenvalue weighted by Crippen LogP contribution is 2.52. The van der Waals surface area contributed by atoms with Crippen LogP contribution in [0.1, 0.15) is 31.2 Å². The topological polar surface area (TPSA) is 123 Å². The van der Waals surface area contributed by atoms with E-state index in [2.05, 4.69) is 27.3 Å². The minimum Gasteiger partial charge on any atom is -0.330 e. The van der Waals surface area contributed by atoms with Crippen molar-refractivity contribution in [2.75, 3.05) is 38.0 Å². The lowest BCUT2D eigenvalue weighted by Gasteiger charge is -2.52. The number of piperidine rings is 2. The number of nitrogens with one attached hydrogen (secondary N) is 1. The molecule has 6 rings (SSSR count). The van der Waals surface area contributed by atoms with Crippen LogP contribution in [0.5, 0.6) is 0 Å². The zero-order chi connectivity index (χ0) is 24.2. The number of fused-ring (bicyclic) bond motifs is 1. The molecule has 9 nitrogen and oxygen atoms in total. The van der Waals surface area contributed by atoms with E-state index in [0.717, 1.165) is 57.8 Å². The number of carbonyl (C=O) groups is 1. The Bertz CT molecular complexity index is 1140. The summed E-state index contributed by atoms with van der Waals surface area (Å²) in [4.78, 5) is 33.8. The van der Waals surface area contributed by atoms with Crippen molar-refractivity contribution in [3.63, 3.8) is 0 Å². The van der Waals surface area contributed by atoms with Gasteiger partial charge in [-0.3, -0.25) is 14.8 Å². The molecule has 2 saturated carbocycles. The van der Waals surface area contributed by atoms with Gasteiger partial charge in [0, 0.05) is 45.0 Å². The van der Waals surface area contributed by atoms with E-state index in [-0.39, 0.29) is 11.8 Å². The molecule has 1 aromatic heterocycles. The van der Waals surface area contributed by atoms with E-state index in [4.69, 9.17) is 11.5 Å². The number of nitrogens with two attached hydrogens (primary N) is 2. The highest BCUT2D eigenvalue weighted by atomic mass is 16.2. The van der Waals surface area contributed by atoms with E-state index >= 15 is 0 Å². The van der Waals surface area contributed by atoms with Gasteiger partial charge in [-0.05, 0) is 79.2 Å². The van der Waals surface area contributed by atoms with Crippen molar-refractivity contribution in [3.8, 4) is 5.69 Å². The van der Waals surface area contributed by atoms with Gasteiger partial charge in [-0.2, -0.15) is 4.98 Å². The summed E-state index contributed by atoms with van der Waals surface area (Å²) in [5.41, 5.74) is 13.8. The molecule has 2 atom stereocenters. The second-order valence-corrected chi connectivity index (χ2v) is 11.2. The number of rotatable bonds is 5. The number of hydrogen-bond donors (Lipinski definition) is 3. The van der Waals surface area contributed by atoms with Crippen molar-refractivity contribution in [3.05, 3.63) is 52.6 Å². The zero-order valence-electron chi connectivity index (χ0n) is 20.1. The maximum atomic E-state index is 12.7. The van der Waals surface area contributed by atoms with Crippen LogP contribution in [0.3, 0.4) is 0 Å². The fourth-order valence-electron chi connectivity index (χ4n) is 6.59. The molecule has 5 N–H and O–H groups in total. The van der Waals surface area contributed by atoms with Crippen molar-refractivity contribution in [2.24, 2.45) is 34.6 Å². The lowest BCUT2D eigenvalue weighted by atomic mass is 9.57. The number of likely N-dealkylation sites (tertiary alicyclic amines) is 2. The van der Waals surface area contributed by atoms with Gasteiger partial charge in [0.2, 0.25) is 0 Å². The number of nitrogens with zero attached hydrogens (tertiary/aromatic N) is 4. The molecule has 2 aromatic rings. The van der Waals surface area contributed by atoms with Gasteiger partial charge in [-0.15, -0.1) is 0 Å². The minimum absolute atomic E-state index is 0.191. The van der Waals surface area contributed by atoms with E-state index in [9.17, 15) is 9.59 Å². The van der Waals surface area contributed by atoms with Crippen LogP contribution in [0.4, 0.5) is 10.6 Å². The summed E-state index contributed by atoms with van der Waals surface area (Å²) >= 11 is 0. The van der Waals surface area contributed by atoms with Crippen LogP contribution in [0.25, 0.3) is 5.69 Å². The third-order valence-corrected chi connectivity index (χ3v) is 8.88. The van der Waals surface area contributed by atoms with Gasteiger partial charge in [0.25, 0.3) is 0 Å². The molecule has 1 spiro atoms. The summed E-state index contributed by atoms with van der Waals surface area (Å²) in [7, 11) is 0. The Hall–Kier alpha value is -2.75. The van der Waals surface area contributed by atoms with Crippen LogP contribution in [0.15, 0.2) is 41.3 Å². The van der Waals surface area contributed by atoms with Gasteiger partial charge in [0.1, 0.15) is 5.82 Å². The van der Waals surface area contributed by atoms with Crippen LogP contribution in [-0.4, -0.2) is 64.1 Å². The van der Waals surface area contributed by atoms with Crippen molar-refractivity contribution >= 4 is 11.8 Å². The Morgan fingerprint density at radius 1 is 1.09 bits per heavy atom. The monoisotopic (exact) mass is 477 g/mol. The van der Waals surface area contributed by atoms with Gasteiger partial charge in [-0.1, -0.05) is 12.1 Å². The molecule has 2 aliphatic carbocycles. The van der Waals surface area contributed by atoms with Crippen molar-refractivity contribution < 1.29 is 4.79 Å². The lowest BCUT2D eigenvalue weighted by Crippen LogP contribution is -2.50. The van der Waals surface area contributed by atoms with E-state index in [1.54, 1.807) is 12.3 Å². The van der Waals surface area contributed by atoms with Gasteiger partial charge in [-0.25, -0.2) is 9.59 Å². The quantitative estimate of drug-likeness (QED) is 0.601. The molecule has 2 amide bonds. The third-order valence-electron chi connectivity index (χ3n) is 8.88. The minimum atomic E-state index is -0.413. The van der Waals surface area contributed by atoms with Crippen molar-refractivity contribution in [1.82, 2.24) is 19.4 Å². The molecule has 186 valence electrons. The van der Waals surface area contributed by atoms with E-state index < -0.39 is 5.69 Å². The average Bonchev–Trinajstić information content (AvgIpc) is 3.23. The summed E-state index contributed by atoms with van der Waals surface area (Å²) in [6.07, 6.45) is 6.09. The van der Waals surface area contributed by atoms with Gasteiger partial charge in [0.15, 0.2) is 0 Å². The molecule has 2 saturated heterocycles. The first-order chi connectivity index (χ1) is 16.9. The predicted octanol–water partition coefficient (Wildman–Crippen LogP) is 1.60. The Morgan fingerprint density at radius 3 is 2.40 bits per heavy atom. The Labute approximate surface area is 205 Å². The zero-order valence-corrected chi connectivity index (χ0v) is 20.1. The number of carbonyl (C=O) groups excluding carboxylic acids is 1. The van der Waals surface area contributed by atoms with E-state index in [1.807, 2.05) is 17.0 Å². The number of benzene rings is 1. The van der Waals surface area contributed by atoms with Gasteiger partial charge < -0.3 is 16.4 Å². The van der Waals surface area contributed by atoms with Crippen LogP contribution >= 0.6 is 0 Å². The molecular weight excluding hydrogens is 442 g/mol. The summed E-state index contributed by atoms with van der Waals surface area (Å²) in [5, 5.41) is 2.80. The van der Waals surface area contributed by atoms with Crippen LogP contribution in [0, 0.1) is 23.2 Å².